The molecule has 7 nitrogen and oxygen atoms in total. The number of hydrogen-bond donors (Lipinski definition) is 1. The molecule has 1 aliphatic rings. The lowest BCUT2D eigenvalue weighted by atomic mass is 10.0. The minimum atomic E-state index is -0.249. The van der Waals surface area contributed by atoms with Crippen molar-refractivity contribution in [3.05, 3.63) is 93.4 Å². The third kappa shape index (κ3) is 5.24. The summed E-state index contributed by atoms with van der Waals surface area (Å²) in [5.41, 5.74) is 3.19. The van der Waals surface area contributed by atoms with Crippen LogP contribution < -0.4 is 10.7 Å². The van der Waals surface area contributed by atoms with Crippen LogP contribution in [0.3, 0.4) is 0 Å². The van der Waals surface area contributed by atoms with Gasteiger partial charge in [0.2, 0.25) is 5.43 Å². The molecule has 7 heteroatoms. The van der Waals surface area contributed by atoms with Crippen molar-refractivity contribution in [2.75, 3.05) is 19.7 Å². The Hall–Kier alpha value is -3.76. The molecule has 1 fully saturated rings. The fourth-order valence-electron chi connectivity index (χ4n) is 3.37. The van der Waals surface area contributed by atoms with Gasteiger partial charge in [-0.15, -0.1) is 0 Å². The molecule has 0 aliphatic carbocycles. The molecule has 156 valence electrons. The van der Waals surface area contributed by atoms with Crippen LogP contribution in [0.15, 0.2) is 65.6 Å². The van der Waals surface area contributed by atoms with Crippen LogP contribution in [-0.2, 0) is 22.4 Å². The summed E-state index contributed by atoms with van der Waals surface area (Å²) in [7, 11) is 0. The van der Waals surface area contributed by atoms with E-state index in [1.165, 1.54) is 6.07 Å². The molecule has 0 bridgehead atoms. The predicted octanol–water partition coefficient (Wildman–Crippen LogP) is 2.00. The fourth-order valence-corrected chi connectivity index (χ4v) is 3.37. The standard InChI is InChI=1S/C24H22N4O3/c25-13-19-5-2-6-21(10-19)28-8-7-23(29)22(27-28)11-17-3-1-4-18(9-17)12-24(30)31-16-20-14-26-15-20/h1-10,20,26H,11-12,14-16H2. The number of nitrogens with zero attached hydrogens (tertiary/aromatic N) is 3. The molecule has 2 heterocycles. The number of carbonyl (C=O) groups excluding carboxylic acids is 1. The van der Waals surface area contributed by atoms with Crippen molar-refractivity contribution in [2.24, 2.45) is 5.92 Å². The topological polar surface area (TPSA) is 97.0 Å². The van der Waals surface area contributed by atoms with Crippen molar-refractivity contribution in [2.45, 2.75) is 12.8 Å². The van der Waals surface area contributed by atoms with E-state index in [1.807, 2.05) is 30.3 Å². The lowest BCUT2D eigenvalue weighted by Crippen LogP contribution is -2.44. The first kappa shape index (κ1) is 20.5. The second-order valence-corrected chi connectivity index (χ2v) is 7.61. The maximum absolute atomic E-state index is 12.4. The van der Waals surface area contributed by atoms with Crippen LogP contribution in [0.2, 0.25) is 0 Å². The largest absolute Gasteiger partial charge is 0.465 e. The molecular weight excluding hydrogens is 392 g/mol. The van der Waals surface area contributed by atoms with Gasteiger partial charge in [0, 0.05) is 37.7 Å². The highest BCUT2D eigenvalue weighted by Gasteiger charge is 2.18. The monoisotopic (exact) mass is 414 g/mol. The summed E-state index contributed by atoms with van der Waals surface area (Å²) in [6.45, 7) is 2.24. The highest BCUT2D eigenvalue weighted by Crippen LogP contribution is 2.12. The first-order valence-corrected chi connectivity index (χ1v) is 10.1. The second-order valence-electron chi connectivity index (χ2n) is 7.61. The fraction of sp³-hybridized carbons (Fsp3) is 0.250. The Labute approximate surface area is 179 Å². The molecular formula is C24H22N4O3. The minimum absolute atomic E-state index is 0.161. The van der Waals surface area contributed by atoms with Gasteiger partial charge >= 0.3 is 5.97 Å². The van der Waals surface area contributed by atoms with Crippen molar-refractivity contribution < 1.29 is 9.53 Å². The van der Waals surface area contributed by atoms with Crippen molar-refractivity contribution in [1.82, 2.24) is 15.1 Å². The molecule has 3 aromatic rings. The lowest BCUT2D eigenvalue weighted by molar-refractivity contribution is -0.144. The number of esters is 1. The highest BCUT2D eigenvalue weighted by atomic mass is 16.5. The number of benzene rings is 2. The second kappa shape index (κ2) is 9.37. The quantitative estimate of drug-likeness (QED) is 0.594. The molecule has 1 saturated heterocycles. The minimum Gasteiger partial charge on any atom is -0.465 e. The van der Waals surface area contributed by atoms with Gasteiger partial charge in [-0.25, -0.2) is 4.68 Å². The van der Waals surface area contributed by atoms with Gasteiger partial charge in [-0.2, -0.15) is 10.4 Å². The number of carbonyl (C=O) groups is 1. The van der Waals surface area contributed by atoms with Gasteiger partial charge in [0.15, 0.2) is 0 Å². The molecule has 1 aliphatic heterocycles. The van der Waals surface area contributed by atoms with Crippen LogP contribution in [0.5, 0.6) is 0 Å². The molecule has 0 amide bonds. The predicted molar refractivity (Wildman–Crippen MR) is 115 cm³/mol. The number of nitriles is 1. The van der Waals surface area contributed by atoms with E-state index in [2.05, 4.69) is 16.5 Å². The van der Waals surface area contributed by atoms with Crippen molar-refractivity contribution in [1.29, 1.82) is 5.26 Å². The maximum Gasteiger partial charge on any atom is 0.310 e. The molecule has 0 saturated carbocycles. The van der Waals surface area contributed by atoms with Crippen LogP contribution in [0, 0.1) is 17.2 Å². The number of rotatable bonds is 7. The molecule has 0 atom stereocenters. The third-order valence-corrected chi connectivity index (χ3v) is 5.18. The van der Waals surface area contributed by atoms with E-state index in [0.29, 0.717) is 35.9 Å². The zero-order chi connectivity index (χ0) is 21.6. The SMILES string of the molecule is N#Cc1cccc(-n2ccc(=O)c(Cc3cccc(CC(=O)OCC4CNC4)c3)n2)c1. The van der Waals surface area contributed by atoms with E-state index in [-0.39, 0.29) is 17.8 Å². The number of hydrogen-bond acceptors (Lipinski definition) is 6. The van der Waals surface area contributed by atoms with E-state index >= 15 is 0 Å². The van der Waals surface area contributed by atoms with Gasteiger partial charge in [0.1, 0.15) is 5.69 Å². The highest BCUT2D eigenvalue weighted by molar-refractivity contribution is 5.72. The summed E-state index contributed by atoms with van der Waals surface area (Å²) in [6, 6.07) is 18.2. The molecule has 1 N–H and O–H groups in total. The molecule has 4 rings (SSSR count). The van der Waals surface area contributed by atoms with Crippen LogP contribution in [0.1, 0.15) is 22.4 Å². The zero-order valence-electron chi connectivity index (χ0n) is 17.0. The van der Waals surface area contributed by atoms with E-state index < -0.39 is 0 Å². The normalized spacial score (nSPS) is 13.3. The average Bonchev–Trinajstić information content (AvgIpc) is 2.74. The zero-order valence-corrected chi connectivity index (χ0v) is 17.0. The van der Waals surface area contributed by atoms with E-state index in [9.17, 15) is 9.59 Å². The van der Waals surface area contributed by atoms with Gasteiger partial charge in [-0.1, -0.05) is 30.3 Å². The van der Waals surface area contributed by atoms with Gasteiger partial charge in [-0.3, -0.25) is 9.59 Å². The summed E-state index contributed by atoms with van der Waals surface area (Å²) in [6.07, 6.45) is 2.13. The van der Waals surface area contributed by atoms with Gasteiger partial charge < -0.3 is 10.1 Å². The summed E-state index contributed by atoms with van der Waals surface area (Å²) in [5.74, 6) is 0.164. The first-order valence-electron chi connectivity index (χ1n) is 10.1. The Bertz CT molecular complexity index is 1190. The van der Waals surface area contributed by atoms with Gasteiger partial charge in [0.25, 0.3) is 0 Å². The van der Waals surface area contributed by atoms with Gasteiger partial charge in [-0.05, 0) is 29.3 Å². The smallest absolute Gasteiger partial charge is 0.310 e. The molecule has 31 heavy (non-hydrogen) atoms. The summed E-state index contributed by atoms with van der Waals surface area (Å²) in [4.78, 5) is 24.5. The van der Waals surface area contributed by atoms with Crippen LogP contribution >= 0.6 is 0 Å². The summed E-state index contributed by atoms with van der Waals surface area (Å²) in [5, 5.41) is 16.7. The number of ether oxygens (including phenoxy) is 1. The Morgan fingerprint density at radius 1 is 1.16 bits per heavy atom. The van der Waals surface area contributed by atoms with Crippen molar-refractivity contribution >= 4 is 5.97 Å². The molecule has 0 spiro atoms. The third-order valence-electron chi connectivity index (χ3n) is 5.18. The Morgan fingerprint density at radius 3 is 2.74 bits per heavy atom. The Kier molecular flexibility index (Phi) is 6.20. The molecule has 0 radical (unpaired) electrons. The van der Waals surface area contributed by atoms with E-state index in [1.54, 1.807) is 29.1 Å². The van der Waals surface area contributed by atoms with Crippen LogP contribution in [-0.4, -0.2) is 35.4 Å². The Morgan fingerprint density at radius 2 is 1.97 bits per heavy atom. The average molecular weight is 414 g/mol. The van der Waals surface area contributed by atoms with Gasteiger partial charge in [0.05, 0.1) is 30.3 Å². The summed E-state index contributed by atoms with van der Waals surface area (Å²) < 4.78 is 6.93. The van der Waals surface area contributed by atoms with Crippen LogP contribution in [0.4, 0.5) is 0 Å². The first-order chi connectivity index (χ1) is 15.1. The Balaban J connectivity index is 1.47. The number of aromatic nitrogens is 2. The maximum atomic E-state index is 12.4. The molecule has 0 unspecified atom stereocenters. The summed E-state index contributed by atoms with van der Waals surface area (Å²) >= 11 is 0. The van der Waals surface area contributed by atoms with Crippen LogP contribution in [0.25, 0.3) is 5.69 Å². The van der Waals surface area contributed by atoms with E-state index in [0.717, 1.165) is 24.2 Å². The van der Waals surface area contributed by atoms with Crippen molar-refractivity contribution in [3.8, 4) is 11.8 Å². The lowest BCUT2D eigenvalue weighted by Gasteiger charge is -2.26. The molecule has 2 aromatic carbocycles. The van der Waals surface area contributed by atoms with Crippen molar-refractivity contribution in [3.63, 3.8) is 0 Å². The van der Waals surface area contributed by atoms with E-state index in [4.69, 9.17) is 10.00 Å². The molecule has 1 aromatic heterocycles. The number of nitrogens with one attached hydrogen (secondary N) is 1.